The van der Waals surface area contributed by atoms with Crippen LogP contribution in [0, 0.1) is 6.92 Å². The number of hydrogen-bond acceptors (Lipinski definition) is 5. The third kappa shape index (κ3) is 3.00. The van der Waals surface area contributed by atoms with Gasteiger partial charge in [-0.05, 0) is 25.1 Å². The Morgan fingerprint density at radius 1 is 1.56 bits per heavy atom. The van der Waals surface area contributed by atoms with Gasteiger partial charge in [0.05, 0.1) is 16.3 Å². The number of carbonyl (C=O) groups excluding carboxylic acids is 1. The third-order valence-corrected chi connectivity index (χ3v) is 3.50. The highest BCUT2D eigenvalue weighted by atomic mass is 35.5. The topological polar surface area (TPSA) is 65.2 Å². The summed E-state index contributed by atoms with van der Waals surface area (Å²) in [4.78, 5) is 15.9. The number of thiazole rings is 1. The zero-order chi connectivity index (χ0) is 13.1. The molecule has 18 heavy (non-hydrogen) atoms. The molecule has 1 heterocycles. The van der Waals surface area contributed by atoms with E-state index in [0.717, 1.165) is 10.7 Å². The lowest BCUT2D eigenvalue weighted by atomic mass is 10.2. The standard InChI is InChI=1S/C12H11ClN2O2S/c1-7-6-18-11(15-7)5-17-12(16)8-2-3-10(14)9(13)4-8/h2-4,6H,5,14H2,1H3. The van der Waals surface area contributed by atoms with Crippen molar-refractivity contribution >= 4 is 34.6 Å². The van der Waals surface area contributed by atoms with E-state index in [2.05, 4.69) is 4.98 Å². The number of nitrogen functional groups attached to an aromatic ring is 1. The van der Waals surface area contributed by atoms with Crippen LogP contribution in [0.4, 0.5) is 5.69 Å². The lowest BCUT2D eigenvalue weighted by Gasteiger charge is -2.04. The summed E-state index contributed by atoms with van der Waals surface area (Å²) in [6, 6.07) is 4.65. The van der Waals surface area contributed by atoms with E-state index in [0.29, 0.717) is 16.3 Å². The van der Waals surface area contributed by atoms with Crippen molar-refractivity contribution in [3.8, 4) is 0 Å². The lowest BCUT2D eigenvalue weighted by molar-refractivity contribution is 0.0472. The molecule has 0 aliphatic heterocycles. The van der Waals surface area contributed by atoms with Crippen molar-refractivity contribution in [1.82, 2.24) is 4.98 Å². The zero-order valence-electron chi connectivity index (χ0n) is 9.64. The first-order valence-corrected chi connectivity index (χ1v) is 6.45. The summed E-state index contributed by atoms with van der Waals surface area (Å²) in [5.41, 5.74) is 7.29. The molecule has 0 atom stereocenters. The van der Waals surface area contributed by atoms with Gasteiger partial charge >= 0.3 is 5.97 Å². The highest BCUT2D eigenvalue weighted by Gasteiger charge is 2.10. The van der Waals surface area contributed by atoms with Crippen LogP contribution in [0.3, 0.4) is 0 Å². The molecule has 0 aliphatic carbocycles. The summed E-state index contributed by atoms with van der Waals surface area (Å²) < 4.78 is 5.13. The summed E-state index contributed by atoms with van der Waals surface area (Å²) in [7, 11) is 0. The van der Waals surface area contributed by atoms with Crippen molar-refractivity contribution in [2.45, 2.75) is 13.5 Å². The van der Waals surface area contributed by atoms with Crippen molar-refractivity contribution in [2.24, 2.45) is 0 Å². The van der Waals surface area contributed by atoms with E-state index in [1.165, 1.54) is 17.4 Å². The first-order chi connectivity index (χ1) is 8.56. The first-order valence-electron chi connectivity index (χ1n) is 5.19. The average Bonchev–Trinajstić information content (AvgIpc) is 2.75. The van der Waals surface area contributed by atoms with Crippen molar-refractivity contribution in [1.29, 1.82) is 0 Å². The minimum Gasteiger partial charge on any atom is -0.455 e. The van der Waals surface area contributed by atoms with Gasteiger partial charge in [-0.25, -0.2) is 9.78 Å². The van der Waals surface area contributed by atoms with Gasteiger partial charge < -0.3 is 10.5 Å². The number of aromatic nitrogens is 1. The molecule has 0 radical (unpaired) electrons. The van der Waals surface area contributed by atoms with Crippen LogP contribution in [-0.4, -0.2) is 11.0 Å². The van der Waals surface area contributed by atoms with Crippen molar-refractivity contribution in [3.05, 3.63) is 44.9 Å². The second kappa shape index (κ2) is 5.37. The van der Waals surface area contributed by atoms with E-state index in [9.17, 15) is 4.79 Å². The maximum atomic E-state index is 11.7. The van der Waals surface area contributed by atoms with Gasteiger partial charge in [-0.1, -0.05) is 11.6 Å². The number of aryl methyl sites for hydroxylation is 1. The minimum absolute atomic E-state index is 0.166. The molecule has 0 fully saturated rings. The molecular formula is C12H11ClN2O2S. The van der Waals surface area contributed by atoms with Gasteiger partial charge in [-0.2, -0.15) is 0 Å². The van der Waals surface area contributed by atoms with Crippen LogP contribution < -0.4 is 5.73 Å². The highest BCUT2D eigenvalue weighted by molar-refractivity contribution is 7.09. The van der Waals surface area contributed by atoms with Gasteiger partial charge in [0.25, 0.3) is 0 Å². The number of rotatable bonds is 3. The van der Waals surface area contributed by atoms with Crippen LogP contribution >= 0.6 is 22.9 Å². The van der Waals surface area contributed by atoms with E-state index in [1.54, 1.807) is 12.1 Å². The Labute approximate surface area is 113 Å². The number of halogens is 1. The second-order valence-corrected chi connectivity index (χ2v) is 5.04. The quantitative estimate of drug-likeness (QED) is 0.694. The summed E-state index contributed by atoms with van der Waals surface area (Å²) in [6.07, 6.45) is 0. The van der Waals surface area contributed by atoms with E-state index in [1.807, 2.05) is 12.3 Å². The van der Waals surface area contributed by atoms with Gasteiger partial charge in [0.15, 0.2) is 0 Å². The molecule has 2 rings (SSSR count). The lowest BCUT2D eigenvalue weighted by Crippen LogP contribution is -2.05. The first kappa shape index (κ1) is 12.9. The van der Waals surface area contributed by atoms with Crippen LogP contribution in [0.5, 0.6) is 0 Å². The summed E-state index contributed by atoms with van der Waals surface area (Å²) in [6.45, 7) is 2.06. The molecule has 0 spiro atoms. The van der Waals surface area contributed by atoms with Crippen LogP contribution in [0.25, 0.3) is 0 Å². The van der Waals surface area contributed by atoms with Crippen LogP contribution in [0.2, 0.25) is 5.02 Å². The number of benzene rings is 1. The van der Waals surface area contributed by atoms with Crippen LogP contribution in [-0.2, 0) is 11.3 Å². The van der Waals surface area contributed by atoms with Crippen molar-refractivity contribution in [2.75, 3.05) is 5.73 Å². The third-order valence-electron chi connectivity index (χ3n) is 2.23. The molecule has 0 saturated carbocycles. The highest BCUT2D eigenvalue weighted by Crippen LogP contribution is 2.20. The average molecular weight is 283 g/mol. The molecule has 2 N–H and O–H groups in total. The maximum Gasteiger partial charge on any atom is 0.338 e. The normalized spacial score (nSPS) is 10.3. The number of nitrogens with two attached hydrogens (primary N) is 1. The molecule has 0 saturated heterocycles. The number of esters is 1. The van der Waals surface area contributed by atoms with Gasteiger partial charge in [0.1, 0.15) is 11.6 Å². The fraction of sp³-hybridized carbons (Fsp3) is 0.167. The number of hydrogen-bond donors (Lipinski definition) is 1. The molecular weight excluding hydrogens is 272 g/mol. The Hall–Kier alpha value is -1.59. The van der Waals surface area contributed by atoms with Gasteiger partial charge in [0.2, 0.25) is 0 Å². The Morgan fingerprint density at radius 3 is 2.94 bits per heavy atom. The molecule has 0 bridgehead atoms. The molecule has 0 unspecified atom stereocenters. The number of anilines is 1. The summed E-state index contributed by atoms with van der Waals surface area (Å²) >= 11 is 7.29. The van der Waals surface area contributed by atoms with Gasteiger partial charge in [-0.15, -0.1) is 11.3 Å². The van der Waals surface area contributed by atoms with Gasteiger partial charge in [0, 0.05) is 11.1 Å². The molecule has 2 aromatic rings. The molecule has 0 aliphatic rings. The molecule has 1 aromatic carbocycles. The monoisotopic (exact) mass is 282 g/mol. The van der Waals surface area contributed by atoms with Crippen LogP contribution in [0.15, 0.2) is 23.6 Å². The number of carbonyl (C=O) groups is 1. The van der Waals surface area contributed by atoms with E-state index in [-0.39, 0.29) is 6.61 Å². The fourth-order valence-electron chi connectivity index (χ4n) is 1.33. The minimum atomic E-state index is -0.440. The molecule has 1 aromatic heterocycles. The van der Waals surface area contributed by atoms with E-state index >= 15 is 0 Å². The smallest absolute Gasteiger partial charge is 0.338 e. The van der Waals surface area contributed by atoms with E-state index in [4.69, 9.17) is 22.1 Å². The number of nitrogens with zero attached hydrogens (tertiary/aromatic N) is 1. The summed E-state index contributed by atoms with van der Waals surface area (Å²) in [5, 5.41) is 3.01. The fourth-order valence-corrected chi connectivity index (χ4v) is 2.20. The van der Waals surface area contributed by atoms with Crippen molar-refractivity contribution < 1.29 is 9.53 Å². The predicted molar refractivity (Wildman–Crippen MR) is 71.8 cm³/mol. The van der Waals surface area contributed by atoms with Crippen molar-refractivity contribution in [3.63, 3.8) is 0 Å². The van der Waals surface area contributed by atoms with E-state index < -0.39 is 5.97 Å². The molecule has 4 nitrogen and oxygen atoms in total. The SMILES string of the molecule is Cc1csc(COC(=O)c2ccc(N)c(Cl)c2)n1. The second-order valence-electron chi connectivity index (χ2n) is 3.70. The Morgan fingerprint density at radius 2 is 2.33 bits per heavy atom. The molecule has 6 heteroatoms. The van der Waals surface area contributed by atoms with Crippen LogP contribution in [0.1, 0.15) is 21.1 Å². The Balaban J connectivity index is 2.01. The number of ether oxygens (including phenoxy) is 1. The molecule has 94 valence electrons. The predicted octanol–water partition coefficient (Wildman–Crippen LogP) is 3.04. The van der Waals surface area contributed by atoms with Gasteiger partial charge in [-0.3, -0.25) is 0 Å². The maximum absolute atomic E-state index is 11.7. The Kier molecular flexibility index (Phi) is 3.84. The molecule has 0 amide bonds. The Bertz CT molecular complexity index is 583. The zero-order valence-corrected chi connectivity index (χ0v) is 11.2. The largest absolute Gasteiger partial charge is 0.455 e. The summed E-state index contributed by atoms with van der Waals surface area (Å²) in [5.74, 6) is -0.440.